The third kappa shape index (κ3) is 15.9. The van der Waals surface area contributed by atoms with Crippen molar-refractivity contribution in [2.24, 2.45) is 11.5 Å². The maximum atomic E-state index is 10.8. The fourth-order valence-corrected chi connectivity index (χ4v) is 3.58. The zero-order valence-electron chi connectivity index (χ0n) is 22.4. The maximum Gasteiger partial charge on any atom is 2.00 e. The topological polar surface area (TPSA) is 358 Å². The van der Waals surface area contributed by atoms with E-state index in [1.165, 1.54) is 36.7 Å². The number of primary amides is 2. The summed E-state index contributed by atoms with van der Waals surface area (Å²) < 4.78 is 64.7. The van der Waals surface area contributed by atoms with Gasteiger partial charge in [-0.15, -0.1) is 0 Å². The number of nitrogens with zero attached hydrogens (tertiary/aromatic N) is 2. The summed E-state index contributed by atoms with van der Waals surface area (Å²) in [5.41, 5.74) is 11.9. The smallest absolute Gasteiger partial charge is 0.744 e. The molecule has 0 bridgehead atoms. The monoisotopic (exact) mass is 746 g/mol. The van der Waals surface area contributed by atoms with Crippen LogP contribution in [0, 0.1) is 0 Å². The van der Waals surface area contributed by atoms with E-state index >= 15 is 0 Å². The van der Waals surface area contributed by atoms with Gasteiger partial charge in [0.2, 0.25) is 11.8 Å². The van der Waals surface area contributed by atoms with E-state index in [0.29, 0.717) is 22.3 Å². The van der Waals surface area contributed by atoms with E-state index < -0.39 is 32.1 Å². The summed E-state index contributed by atoms with van der Waals surface area (Å²) in [6.07, 6.45) is 6.05. The molecule has 19 heteroatoms. The Morgan fingerprint density at radius 2 is 0.837 bits per heavy atom. The molecule has 4 rings (SSSR count). The number of rotatable bonds is 5. The average Bonchev–Trinajstić information content (AvgIpc) is 2.89. The van der Waals surface area contributed by atoms with E-state index in [4.69, 9.17) is 11.5 Å². The molecule has 0 radical (unpaired) electrons. The van der Waals surface area contributed by atoms with Crippen LogP contribution in [0.3, 0.4) is 0 Å². The van der Waals surface area contributed by atoms with Crippen molar-refractivity contribution in [1.29, 1.82) is 0 Å². The quantitative estimate of drug-likeness (QED) is 0.126. The molecule has 0 saturated carbocycles. The normalized spacial score (nSPS) is 9.44. The Bertz CT molecular complexity index is 1470. The van der Waals surface area contributed by atoms with E-state index in [-0.39, 0.29) is 59.0 Å². The molecule has 43 heavy (non-hydrogen) atoms. The van der Waals surface area contributed by atoms with E-state index in [9.17, 15) is 35.5 Å². The molecule has 2 heterocycles. The second kappa shape index (κ2) is 21.0. The van der Waals surface area contributed by atoms with Crippen LogP contribution in [-0.2, 0) is 69.4 Å². The summed E-state index contributed by atoms with van der Waals surface area (Å²) in [4.78, 5) is 27.5. The molecular weight excluding hydrogens is 713 g/mol. The van der Waals surface area contributed by atoms with Crippen LogP contribution in [0.1, 0.15) is 20.7 Å². The van der Waals surface area contributed by atoms with Gasteiger partial charge in [-0.25, -0.2) is 16.8 Å². The fraction of sp³-hybridized carbons (Fsp3) is 0. The molecule has 0 atom stereocenters. The number of hydrogen-bond acceptors (Lipinski definition) is 10. The van der Waals surface area contributed by atoms with Gasteiger partial charge in [0.05, 0.1) is 20.9 Å². The van der Waals surface area contributed by atoms with Crippen LogP contribution in [-0.4, -0.2) is 47.7 Å². The number of pyridine rings is 2. The number of nitrogens with two attached hydrogens (primary N) is 2. The molecule has 2 aromatic carbocycles. The van der Waals surface area contributed by atoms with E-state index in [0.717, 1.165) is 24.3 Å². The van der Waals surface area contributed by atoms with E-state index in [2.05, 4.69) is 9.97 Å². The molecule has 16 nitrogen and oxygen atoms in total. The molecule has 0 fully saturated rings. The van der Waals surface area contributed by atoms with E-state index in [1.54, 1.807) is 36.7 Å². The molecule has 0 aliphatic heterocycles. The number of hydrogen-bond donors (Lipinski definition) is 2. The van der Waals surface area contributed by atoms with Crippen LogP contribution in [0.5, 0.6) is 0 Å². The Labute approximate surface area is 266 Å². The van der Waals surface area contributed by atoms with Crippen molar-refractivity contribution in [3.8, 4) is 11.1 Å². The largest absolute Gasteiger partial charge is 2.00 e. The maximum absolute atomic E-state index is 10.8. The van der Waals surface area contributed by atoms with Crippen LogP contribution in [0.4, 0.5) is 0 Å². The zero-order valence-corrected chi connectivity index (χ0v) is 28.1. The third-order valence-electron chi connectivity index (χ3n) is 4.51. The summed E-state index contributed by atoms with van der Waals surface area (Å²) in [6.45, 7) is 0. The van der Waals surface area contributed by atoms with Crippen molar-refractivity contribution in [1.82, 2.24) is 9.97 Å². The molecule has 2 aromatic heterocycles. The SMILES string of the molecule is NC(=O)c1cccnc1.NC(=O)c1cccnc1.O=S(=O)([O-])c1ccc(-c2ccc(S(=O)(=O)[O-])cc2)cc1.[Cd+2].[OH3+].[OH3+].[OH3+].[OH3+]. The minimum absolute atomic E-state index is 0. The van der Waals surface area contributed by atoms with E-state index in [1.807, 2.05) is 0 Å². The van der Waals surface area contributed by atoms with Gasteiger partial charge in [0.1, 0.15) is 20.2 Å². The molecule has 16 N–H and O–H groups in total. The van der Waals surface area contributed by atoms with Crippen molar-refractivity contribution in [2.75, 3.05) is 0 Å². The summed E-state index contributed by atoms with van der Waals surface area (Å²) >= 11 is 0. The molecule has 2 amide bonds. The third-order valence-corrected chi connectivity index (χ3v) is 6.21. The molecule has 0 unspecified atom stereocenters. The van der Waals surface area contributed by atoms with Crippen LogP contribution in [0.25, 0.3) is 11.1 Å². The molecule has 4 aromatic rings. The number of carbonyl (C=O) groups is 2. The Morgan fingerprint density at radius 1 is 0.558 bits per heavy atom. The molecule has 230 valence electrons. The van der Waals surface area contributed by atoms with Gasteiger partial charge in [-0.05, 0) is 59.7 Å². The first kappa shape index (κ1) is 46.2. The first-order chi connectivity index (χ1) is 17.8. The van der Waals surface area contributed by atoms with Crippen molar-refractivity contribution < 1.29 is 84.7 Å². The van der Waals surface area contributed by atoms with Gasteiger partial charge in [0.15, 0.2) is 0 Å². The predicted molar refractivity (Wildman–Crippen MR) is 153 cm³/mol. The average molecular weight is 745 g/mol. The van der Waals surface area contributed by atoms with Crippen molar-refractivity contribution in [2.45, 2.75) is 9.79 Å². The number of carbonyl (C=O) groups excluding carboxylic acids is 2. The Hall–Kier alpha value is -3.74. The Kier molecular flexibility index (Phi) is 22.6. The van der Waals surface area contributed by atoms with Gasteiger partial charge < -0.3 is 42.5 Å². The van der Waals surface area contributed by atoms with Gasteiger partial charge in [0.25, 0.3) is 0 Å². The predicted octanol–water partition coefficient (Wildman–Crippen LogP) is -2.17. The molecule has 0 aliphatic rings. The van der Waals surface area contributed by atoms with Crippen molar-refractivity contribution in [3.05, 3.63) is 109 Å². The van der Waals surface area contributed by atoms with Crippen LogP contribution in [0.15, 0.2) is 107 Å². The van der Waals surface area contributed by atoms with Gasteiger partial charge >= 0.3 is 27.3 Å². The van der Waals surface area contributed by atoms with Gasteiger partial charge in [0, 0.05) is 24.8 Å². The standard InChI is InChI=1S/C12H10O6S2.2C6H6N2O.Cd.4H2O/c13-19(14,15)11-5-1-9(2-6-11)10-3-7-12(8-4-10)20(16,17)18;2*7-6(9)5-2-1-3-8-4-5;;;;;/h1-8H,(H,13,14,15)(H,16,17,18);2*1-4H,(H2,7,9);;4*1H2/q;;;+2;;;;/p+2. The summed E-state index contributed by atoms with van der Waals surface area (Å²) in [6, 6.07) is 16.9. The summed E-state index contributed by atoms with van der Waals surface area (Å²) in [7, 11) is -9.00. The van der Waals surface area contributed by atoms with Crippen LogP contribution in [0.2, 0.25) is 0 Å². The second-order valence-corrected chi connectivity index (χ2v) is 9.93. The van der Waals surface area contributed by atoms with Gasteiger partial charge in [-0.2, -0.15) is 0 Å². The fourth-order valence-electron chi connectivity index (χ4n) is 2.65. The molecular formula is C24H32CdN4O12S2+4. The Morgan fingerprint density at radius 3 is 1.00 bits per heavy atom. The molecule has 0 spiro atoms. The number of amides is 2. The number of aromatic nitrogens is 2. The summed E-state index contributed by atoms with van der Waals surface area (Å²) in [5, 5.41) is 0. The zero-order chi connectivity index (χ0) is 28.3. The summed E-state index contributed by atoms with van der Waals surface area (Å²) in [5.74, 6) is -0.883. The van der Waals surface area contributed by atoms with Gasteiger partial charge in [-0.1, -0.05) is 24.3 Å². The molecule has 0 saturated heterocycles. The number of benzene rings is 2. The van der Waals surface area contributed by atoms with Crippen LogP contribution < -0.4 is 11.5 Å². The van der Waals surface area contributed by atoms with Crippen molar-refractivity contribution in [3.63, 3.8) is 0 Å². The second-order valence-electron chi connectivity index (χ2n) is 7.17. The molecule has 0 aliphatic carbocycles. The minimum atomic E-state index is -4.50. The Balaban J connectivity index is -0.000000281. The van der Waals surface area contributed by atoms with Crippen molar-refractivity contribution >= 4 is 32.1 Å². The van der Waals surface area contributed by atoms with Crippen LogP contribution >= 0.6 is 0 Å². The van der Waals surface area contributed by atoms with Gasteiger partial charge in [-0.3, -0.25) is 19.6 Å². The first-order valence-corrected chi connectivity index (χ1v) is 13.1. The minimum Gasteiger partial charge on any atom is -0.744 e. The first-order valence-electron chi connectivity index (χ1n) is 10.3.